The van der Waals surface area contributed by atoms with E-state index in [1.54, 1.807) is 19.2 Å². The minimum atomic E-state index is -0.165. The van der Waals surface area contributed by atoms with E-state index in [9.17, 15) is 9.90 Å². The lowest BCUT2D eigenvalue weighted by Crippen LogP contribution is -2.22. The van der Waals surface area contributed by atoms with E-state index in [2.05, 4.69) is 15.6 Å². The third-order valence-corrected chi connectivity index (χ3v) is 4.92. The Balaban J connectivity index is 2.11. The zero-order valence-electron chi connectivity index (χ0n) is 13.0. The third kappa shape index (κ3) is 2.65. The van der Waals surface area contributed by atoms with Crippen LogP contribution in [-0.2, 0) is 4.79 Å². The second-order valence-electron chi connectivity index (χ2n) is 5.06. The Kier molecular flexibility index (Phi) is 3.99. The molecule has 1 aliphatic rings. The van der Waals surface area contributed by atoms with Gasteiger partial charge in [-0.2, -0.15) is 0 Å². The van der Waals surface area contributed by atoms with Crippen molar-refractivity contribution in [1.82, 2.24) is 4.98 Å². The Morgan fingerprint density at radius 1 is 1.35 bits per heavy atom. The number of anilines is 2. The van der Waals surface area contributed by atoms with Crippen LogP contribution in [0.5, 0.6) is 17.2 Å². The number of benzene rings is 1. The van der Waals surface area contributed by atoms with Crippen molar-refractivity contribution in [2.24, 2.45) is 0 Å². The number of phenolic OH excluding ortho intramolecular Hbond substituents is 1. The molecular formula is C15H17N3O4S. The summed E-state index contributed by atoms with van der Waals surface area (Å²) in [5.41, 5.74) is 0.832. The number of aromatic hydroxyl groups is 1. The second kappa shape index (κ2) is 5.96. The van der Waals surface area contributed by atoms with Gasteiger partial charge in [0.05, 0.1) is 19.1 Å². The number of rotatable bonds is 4. The van der Waals surface area contributed by atoms with Crippen LogP contribution in [-0.4, -0.2) is 37.3 Å². The molecule has 1 aliphatic heterocycles. The monoisotopic (exact) mass is 335 g/mol. The maximum absolute atomic E-state index is 12.0. The van der Waals surface area contributed by atoms with E-state index in [0.29, 0.717) is 23.7 Å². The Labute approximate surface area is 137 Å². The number of thiazole rings is 1. The van der Waals surface area contributed by atoms with E-state index in [-0.39, 0.29) is 17.6 Å². The first-order valence-electron chi connectivity index (χ1n) is 7.00. The van der Waals surface area contributed by atoms with E-state index >= 15 is 0 Å². The first-order valence-corrected chi connectivity index (χ1v) is 7.82. The molecule has 0 unspecified atom stereocenters. The molecule has 23 heavy (non-hydrogen) atoms. The van der Waals surface area contributed by atoms with E-state index < -0.39 is 0 Å². The van der Waals surface area contributed by atoms with Crippen LogP contribution in [0.1, 0.15) is 22.8 Å². The molecule has 0 bridgehead atoms. The number of carbonyl (C=O) groups excluding carboxylic acids is 1. The molecule has 0 radical (unpaired) electrons. The fourth-order valence-electron chi connectivity index (χ4n) is 2.61. The minimum Gasteiger partial charge on any atom is -0.502 e. The Morgan fingerprint density at radius 2 is 2.00 bits per heavy atom. The molecule has 1 atom stereocenters. The summed E-state index contributed by atoms with van der Waals surface area (Å²) in [6, 6.07) is 3.45. The van der Waals surface area contributed by atoms with Gasteiger partial charge in [-0.3, -0.25) is 4.79 Å². The lowest BCUT2D eigenvalue weighted by Gasteiger charge is -2.22. The molecule has 1 aromatic carbocycles. The molecule has 0 fully saturated rings. The highest BCUT2D eigenvalue weighted by Crippen LogP contribution is 2.46. The topological polar surface area (TPSA) is 92.7 Å². The molecule has 122 valence electrons. The van der Waals surface area contributed by atoms with Crippen molar-refractivity contribution in [3.8, 4) is 17.2 Å². The molecule has 0 spiro atoms. The van der Waals surface area contributed by atoms with Crippen LogP contribution in [0.15, 0.2) is 12.1 Å². The Bertz CT molecular complexity index is 734. The SMILES string of the molecule is CNc1nc2c(s1)[C@@H](c1cc(OC)c(O)c(OC)c1)CC(=O)N2. The lowest BCUT2D eigenvalue weighted by atomic mass is 9.91. The van der Waals surface area contributed by atoms with Gasteiger partial charge in [-0.25, -0.2) is 4.98 Å². The molecule has 1 aromatic heterocycles. The number of ether oxygens (including phenoxy) is 2. The quantitative estimate of drug-likeness (QED) is 0.794. The zero-order valence-corrected chi connectivity index (χ0v) is 13.8. The average Bonchev–Trinajstić information content (AvgIpc) is 2.97. The first-order chi connectivity index (χ1) is 11.1. The predicted molar refractivity (Wildman–Crippen MR) is 88.0 cm³/mol. The summed E-state index contributed by atoms with van der Waals surface area (Å²) in [7, 11) is 4.74. The molecule has 0 aliphatic carbocycles. The molecule has 0 saturated heterocycles. The van der Waals surface area contributed by atoms with Gasteiger partial charge in [0, 0.05) is 19.4 Å². The van der Waals surface area contributed by atoms with Gasteiger partial charge in [0.15, 0.2) is 16.6 Å². The number of aromatic nitrogens is 1. The van der Waals surface area contributed by atoms with Crippen molar-refractivity contribution in [2.75, 3.05) is 31.9 Å². The smallest absolute Gasteiger partial charge is 0.226 e. The van der Waals surface area contributed by atoms with Gasteiger partial charge in [-0.1, -0.05) is 11.3 Å². The first kappa shape index (κ1) is 15.4. The molecule has 8 heteroatoms. The standard InChI is InChI=1S/C15H17N3O4S/c1-16-15-18-14-13(23-15)8(6-11(19)17-14)7-4-9(21-2)12(20)10(5-7)22-3/h4-5,8,20H,6H2,1-3H3,(H,16,18)(H,17,19)/t8-/m1/s1. The molecule has 3 rings (SSSR count). The van der Waals surface area contributed by atoms with Crippen molar-refractivity contribution in [1.29, 1.82) is 0 Å². The van der Waals surface area contributed by atoms with Gasteiger partial charge < -0.3 is 25.2 Å². The number of fused-ring (bicyclic) bond motifs is 1. The molecule has 7 nitrogen and oxygen atoms in total. The van der Waals surface area contributed by atoms with Crippen LogP contribution >= 0.6 is 11.3 Å². The predicted octanol–water partition coefficient (Wildman–Crippen LogP) is 2.38. The number of carbonyl (C=O) groups is 1. The highest BCUT2D eigenvalue weighted by Gasteiger charge is 2.31. The summed E-state index contributed by atoms with van der Waals surface area (Å²) in [6.07, 6.45) is 0.301. The van der Waals surface area contributed by atoms with E-state index in [1.807, 2.05) is 0 Å². The van der Waals surface area contributed by atoms with Gasteiger partial charge in [0.2, 0.25) is 11.7 Å². The van der Waals surface area contributed by atoms with Crippen molar-refractivity contribution >= 4 is 28.2 Å². The van der Waals surface area contributed by atoms with Gasteiger partial charge in [-0.15, -0.1) is 0 Å². The zero-order chi connectivity index (χ0) is 16.6. The fraction of sp³-hybridized carbons (Fsp3) is 0.333. The van der Waals surface area contributed by atoms with Gasteiger partial charge in [0.1, 0.15) is 5.82 Å². The summed E-state index contributed by atoms with van der Waals surface area (Å²) >= 11 is 1.49. The number of hydrogen-bond acceptors (Lipinski definition) is 7. The summed E-state index contributed by atoms with van der Waals surface area (Å²) in [6.45, 7) is 0. The van der Waals surface area contributed by atoms with Crippen LogP contribution < -0.4 is 20.1 Å². The number of amides is 1. The minimum absolute atomic E-state index is 0.0561. The number of hydrogen-bond donors (Lipinski definition) is 3. The van der Waals surface area contributed by atoms with Crippen molar-refractivity contribution in [3.05, 3.63) is 22.6 Å². The fourth-order valence-corrected chi connectivity index (χ4v) is 3.61. The van der Waals surface area contributed by atoms with Crippen molar-refractivity contribution in [2.45, 2.75) is 12.3 Å². The number of nitrogens with one attached hydrogen (secondary N) is 2. The summed E-state index contributed by atoms with van der Waals surface area (Å²) < 4.78 is 10.4. The average molecular weight is 335 g/mol. The highest BCUT2D eigenvalue weighted by atomic mass is 32.1. The Hall–Kier alpha value is -2.48. The van der Waals surface area contributed by atoms with Gasteiger partial charge in [-0.05, 0) is 17.7 Å². The number of phenols is 1. The van der Waals surface area contributed by atoms with E-state index in [4.69, 9.17) is 9.47 Å². The second-order valence-corrected chi connectivity index (χ2v) is 6.09. The molecule has 3 N–H and O–H groups in total. The lowest BCUT2D eigenvalue weighted by molar-refractivity contribution is -0.116. The van der Waals surface area contributed by atoms with Crippen LogP contribution in [0.3, 0.4) is 0 Å². The van der Waals surface area contributed by atoms with Crippen LogP contribution in [0.4, 0.5) is 10.9 Å². The Morgan fingerprint density at radius 3 is 2.57 bits per heavy atom. The molecular weight excluding hydrogens is 318 g/mol. The molecule has 2 heterocycles. The van der Waals surface area contributed by atoms with Crippen LogP contribution in [0.25, 0.3) is 0 Å². The van der Waals surface area contributed by atoms with E-state index in [0.717, 1.165) is 15.6 Å². The van der Waals surface area contributed by atoms with Crippen LogP contribution in [0.2, 0.25) is 0 Å². The number of methoxy groups -OCH3 is 2. The van der Waals surface area contributed by atoms with Gasteiger partial charge >= 0.3 is 0 Å². The molecule has 0 saturated carbocycles. The molecule has 2 aromatic rings. The third-order valence-electron chi connectivity index (χ3n) is 3.74. The highest BCUT2D eigenvalue weighted by molar-refractivity contribution is 7.16. The maximum atomic E-state index is 12.0. The van der Waals surface area contributed by atoms with Crippen molar-refractivity contribution in [3.63, 3.8) is 0 Å². The largest absolute Gasteiger partial charge is 0.502 e. The summed E-state index contributed by atoms with van der Waals surface area (Å²) in [4.78, 5) is 17.3. The summed E-state index contributed by atoms with van der Waals surface area (Å²) in [5, 5.41) is 16.6. The van der Waals surface area contributed by atoms with E-state index in [1.165, 1.54) is 25.6 Å². The normalized spacial score (nSPS) is 16.5. The van der Waals surface area contributed by atoms with Crippen LogP contribution in [0, 0.1) is 0 Å². The summed E-state index contributed by atoms with van der Waals surface area (Å²) in [5.74, 6) is 0.879. The molecule has 1 amide bonds. The number of nitrogens with zero attached hydrogens (tertiary/aromatic N) is 1. The van der Waals surface area contributed by atoms with Gasteiger partial charge in [0.25, 0.3) is 0 Å². The maximum Gasteiger partial charge on any atom is 0.226 e. The van der Waals surface area contributed by atoms with Crippen molar-refractivity contribution < 1.29 is 19.4 Å².